The second-order valence-corrected chi connectivity index (χ2v) is 9.86. The molecule has 1 saturated heterocycles. The van der Waals surface area contributed by atoms with Crippen molar-refractivity contribution in [3.05, 3.63) is 74.6 Å². The molecule has 4 rings (SSSR count). The van der Waals surface area contributed by atoms with Crippen molar-refractivity contribution < 1.29 is 9.59 Å². The zero-order valence-corrected chi connectivity index (χ0v) is 19.2. The molecule has 162 valence electrons. The molecule has 2 amide bonds. The van der Waals surface area contributed by atoms with Gasteiger partial charge in [0.2, 0.25) is 0 Å². The molecule has 1 unspecified atom stereocenters. The predicted octanol–water partition coefficient (Wildman–Crippen LogP) is 5.26. The highest BCUT2D eigenvalue weighted by molar-refractivity contribution is 7.12. The van der Waals surface area contributed by atoms with Crippen LogP contribution in [0.2, 0.25) is 0 Å². The van der Waals surface area contributed by atoms with Crippen molar-refractivity contribution in [2.45, 2.75) is 25.8 Å². The van der Waals surface area contributed by atoms with Gasteiger partial charge in [0.05, 0.1) is 22.2 Å². The van der Waals surface area contributed by atoms with E-state index in [4.69, 9.17) is 0 Å². The number of para-hydroxylation sites is 1. The number of thiophene rings is 2. The standard InChI is InChI=1S/C24H27N3O2S2/c1-17-10-12-27(13-11-17)20(21-8-4-14-30-21)16-25-23(28)18-6-2-3-7-19(18)26-24(29)22-9-5-15-31-22/h2-9,14-15,17,20H,10-13,16H2,1H3,(H,25,28)(H,26,29). The molecule has 1 atom stereocenters. The number of amides is 2. The number of likely N-dealkylation sites (tertiary alicyclic amines) is 1. The molecule has 1 aliphatic heterocycles. The van der Waals surface area contributed by atoms with Crippen LogP contribution in [0.5, 0.6) is 0 Å². The molecule has 0 bridgehead atoms. The Labute approximate surface area is 191 Å². The molecule has 2 N–H and O–H groups in total. The van der Waals surface area contributed by atoms with Crippen molar-refractivity contribution in [2.75, 3.05) is 25.0 Å². The van der Waals surface area contributed by atoms with Crippen LogP contribution in [0.25, 0.3) is 0 Å². The van der Waals surface area contributed by atoms with E-state index in [0.717, 1.165) is 19.0 Å². The summed E-state index contributed by atoms with van der Waals surface area (Å²) in [5.41, 5.74) is 1.00. The first-order chi connectivity index (χ1) is 15.1. The second-order valence-electron chi connectivity index (χ2n) is 7.94. The van der Waals surface area contributed by atoms with Crippen molar-refractivity contribution in [3.63, 3.8) is 0 Å². The zero-order valence-electron chi connectivity index (χ0n) is 17.5. The van der Waals surface area contributed by atoms with Gasteiger partial charge in [-0.25, -0.2) is 0 Å². The summed E-state index contributed by atoms with van der Waals surface area (Å²) < 4.78 is 0. The Bertz CT molecular complexity index is 994. The lowest BCUT2D eigenvalue weighted by Gasteiger charge is -2.36. The molecule has 5 nitrogen and oxygen atoms in total. The Morgan fingerprint density at radius 3 is 2.45 bits per heavy atom. The summed E-state index contributed by atoms with van der Waals surface area (Å²) in [6.45, 7) is 4.95. The van der Waals surface area contributed by atoms with E-state index in [1.807, 2.05) is 23.6 Å². The van der Waals surface area contributed by atoms with E-state index in [9.17, 15) is 9.59 Å². The lowest BCUT2D eigenvalue weighted by atomic mass is 9.97. The van der Waals surface area contributed by atoms with E-state index >= 15 is 0 Å². The summed E-state index contributed by atoms with van der Waals surface area (Å²) in [5.74, 6) is 0.386. The fourth-order valence-corrected chi connectivity index (χ4v) is 5.38. The summed E-state index contributed by atoms with van der Waals surface area (Å²) in [7, 11) is 0. The van der Waals surface area contributed by atoms with E-state index in [1.165, 1.54) is 29.1 Å². The molecule has 0 radical (unpaired) electrons. The summed E-state index contributed by atoms with van der Waals surface area (Å²) in [6, 6.07) is 15.2. The second kappa shape index (κ2) is 10.2. The Balaban J connectivity index is 1.45. The van der Waals surface area contributed by atoms with Gasteiger partial charge in [0.15, 0.2) is 0 Å². The number of benzene rings is 1. The fraction of sp³-hybridized carbons (Fsp3) is 0.333. The third-order valence-electron chi connectivity index (χ3n) is 5.75. The molecule has 0 aliphatic carbocycles. The van der Waals surface area contributed by atoms with Crippen molar-refractivity contribution in [2.24, 2.45) is 5.92 Å². The average molecular weight is 454 g/mol. The molecule has 0 saturated carbocycles. The maximum Gasteiger partial charge on any atom is 0.265 e. The van der Waals surface area contributed by atoms with Crippen LogP contribution in [0.1, 0.15) is 50.7 Å². The summed E-state index contributed by atoms with van der Waals surface area (Å²) >= 11 is 3.11. The Hall–Kier alpha value is -2.48. The maximum atomic E-state index is 13.1. The number of piperidine rings is 1. The Morgan fingerprint density at radius 2 is 1.74 bits per heavy atom. The van der Waals surface area contributed by atoms with Crippen LogP contribution >= 0.6 is 22.7 Å². The molecule has 2 aromatic heterocycles. The van der Waals surface area contributed by atoms with E-state index in [1.54, 1.807) is 29.5 Å². The topological polar surface area (TPSA) is 61.4 Å². The number of anilines is 1. The van der Waals surface area contributed by atoms with Gasteiger partial charge in [-0.3, -0.25) is 14.5 Å². The number of carbonyl (C=O) groups excluding carboxylic acids is 2. The third-order valence-corrected chi connectivity index (χ3v) is 7.59. The van der Waals surface area contributed by atoms with Gasteiger partial charge in [-0.2, -0.15) is 0 Å². The van der Waals surface area contributed by atoms with Crippen molar-refractivity contribution in [1.82, 2.24) is 10.2 Å². The minimum absolute atomic E-state index is 0.171. The minimum atomic E-state index is -0.200. The van der Waals surface area contributed by atoms with Crippen LogP contribution < -0.4 is 10.6 Å². The number of carbonyl (C=O) groups is 2. The van der Waals surface area contributed by atoms with Crippen LogP contribution in [0.15, 0.2) is 59.3 Å². The number of hydrogen-bond donors (Lipinski definition) is 2. The van der Waals surface area contributed by atoms with E-state index < -0.39 is 0 Å². The van der Waals surface area contributed by atoms with Crippen LogP contribution in [-0.2, 0) is 0 Å². The first-order valence-corrected chi connectivity index (χ1v) is 12.4. The van der Waals surface area contributed by atoms with E-state index in [-0.39, 0.29) is 17.9 Å². The summed E-state index contributed by atoms with van der Waals surface area (Å²) in [4.78, 5) is 29.9. The van der Waals surface area contributed by atoms with E-state index in [0.29, 0.717) is 22.7 Å². The normalized spacial score (nSPS) is 16.0. The van der Waals surface area contributed by atoms with Gasteiger partial charge in [0, 0.05) is 11.4 Å². The number of hydrogen-bond acceptors (Lipinski definition) is 5. The van der Waals surface area contributed by atoms with Gasteiger partial charge in [0.25, 0.3) is 11.8 Å². The SMILES string of the molecule is CC1CCN(C(CNC(=O)c2ccccc2NC(=O)c2cccs2)c2cccs2)CC1. The van der Waals surface area contributed by atoms with Crippen LogP contribution in [0, 0.1) is 5.92 Å². The molecule has 3 aromatic rings. The zero-order chi connectivity index (χ0) is 21.6. The van der Waals surface area contributed by atoms with Crippen molar-refractivity contribution in [1.29, 1.82) is 0 Å². The van der Waals surface area contributed by atoms with Crippen molar-refractivity contribution in [3.8, 4) is 0 Å². The molecule has 0 spiro atoms. The van der Waals surface area contributed by atoms with Gasteiger partial charge in [-0.05, 0) is 66.9 Å². The fourth-order valence-electron chi connectivity index (χ4n) is 3.90. The van der Waals surface area contributed by atoms with Gasteiger partial charge in [-0.1, -0.05) is 31.2 Å². The van der Waals surface area contributed by atoms with Crippen LogP contribution in [0.4, 0.5) is 5.69 Å². The van der Waals surface area contributed by atoms with Crippen molar-refractivity contribution >= 4 is 40.2 Å². The monoisotopic (exact) mass is 453 g/mol. The average Bonchev–Trinajstić information content (AvgIpc) is 3.50. The molecule has 3 heterocycles. The maximum absolute atomic E-state index is 13.1. The largest absolute Gasteiger partial charge is 0.350 e. The molecular formula is C24H27N3O2S2. The minimum Gasteiger partial charge on any atom is -0.350 e. The molecule has 31 heavy (non-hydrogen) atoms. The Morgan fingerprint density at radius 1 is 1.00 bits per heavy atom. The predicted molar refractivity (Wildman–Crippen MR) is 128 cm³/mol. The summed E-state index contributed by atoms with van der Waals surface area (Å²) in [6.07, 6.45) is 2.38. The highest BCUT2D eigenvalue weighted by Gasteiger charge is 2.26. The molecule has 1 aromatic carbocycles. The lowest BCUT2D eigenvalue weighted by Crippen LogP contribution is -2.41. The number of nitrogens with zero attached hydrogens (tertiary/aromatic N) is 1. The van der Waals surface area contributed by atoms with Gasteiger partial charge >= 0.3 is 0 Å². The lowest BCUT2D eigenvalue weighted by molar-refractivity contribution is 0.0915. The molecular weight excluding hydrogens is 426 g/mol. The highest BCUT2D eigenvalue weighted by Crippen LogP contribution is 2.29. The van der Waals surface area contributed by atoms with E-state index in [2.05, 4.69) is 40.0 Å². The quantitative estimate of drug-likeness (QED) is 0.513. The molecule has 1 fully saturated rings. The number of nitrogens with one attached hydrogen (secondary N) is 2. The Kier molecular flexibility index (Phi) is 7.17. The number of rotatable bonds is 7. The van der Waals surface area contributed by atoms with Crippen LogP contribution in [-0.4, -0.2) is 36.3 Å². The third kappa shape index (κ3) is 5.42. The van der Waals surface area contributed by atoms with Crippen LogP contribution in [0.3, 0.4) is 0 Å². The van der Waals surface area contributed by atoms with Gasteiger partial charge in [-0.15, -0.1) is 22.7 Å². The molecule has 1 aliphatic rings. The smallest absolute Gasteiger partial charge is 0.265 e. The summed E-state index contributed by atoms with van der Waals surface area (Å²) in [5, 5.41) is 9.95. The first-order valence-electron chi connectivity index (χ1n) is 10.6. The first kappa shape index (κ1) is 21.7. The molecule has 7 heteroatoms. The van der Waals surface area contributed by atoms with Gasteiger partial charge in [0.1, 0.15) is 0 Å². The highest BCUT2D eigenvalue weighted by atomic mass is 32.1. The van der Waals surface area contributed by atoms with Gasteiger partial charge < -0.3 is 10.6 Å².